The molecule has 0 atom stereocenters. The van der Waals surface area contributed by atoms with Crippen LogP contribution in [0.5, 0.6) is 0 Å². The maximum Gasteiger partial charge on any atom is 0.278 e. The molecule has 102 valence electrons. The monoisotopic (exact) mass is 322 g/mol. The van der Waals surface area contributed by atoms with Crippen molar-refractivity contribution in [3.63, 3.8) is 0 Å². The zero-order chi connectivity index (χ0) is 14.3. The fraction of sp³-hybridized carbons (Fsp3) is 0.333. The van der Waals surface area contributed by atoms with Crippen LogP contribution in [-0.2, 0) is 9.21 Å². The van der Waals surface area contributed by atoms with Crippen LogP contribution < -0.4 is 0 Å². The lowest BCUT2D eigenvalue weighted by molar-refractivity contribution is 0.369. The molecule has 0 aliphatic carbocycles. The standard InChI is InChI=1S/C12H10Cl3FN2O/c1-11(2,7-3-5-8(16)6-4-7)9-17-10(19-18-9)12(13,14)15/h3-6H,1-2H3. The van der Waals surface area contributed by atoms with E-state index in [1.807, 2.05) is 13.8 Å². The molecule has 0 radical (unpaired) electrons. The van der Waals surface area contributed by atoms with E-state index in [1.54, 1.807) is 12.1 Å². The maximum absolute atomic E-state index is 12.9. The minimum absolute atomic E-state index is 0.0947. The Morgan fingerprint density at radius 1 is 1.11 bits per heavy atom. The Kier molecular flexibility index (Phi) is 3.78. The van der Waals surface area contributed by atoms with E-state index in [-0.39, 0.29) is 11.7 Å². The molecule has 0 aliphatic heterocycles. The molecule has 3 nitrogen and oxygen atoms in total. The van der Waals surface area contributed by atoms with Crippen LogP contribution in [0, 0.1) is 5.82 Å². The number of hydrogen-bond acceptors (Lipinski definition) is 3. The number of nitrogens with zero attached hydrogens (tertiary/aromatic N) is 2. The van der Waals surface area contributed by atoms with Gasteiger partial charge in [-0.1, -0.05) is 52.1 Å². The zero-order valence-electron chi connectivity index (χ0n) is 10.1. The SMILES string of the molecule is CC(C)(c1ccc(F)cc1)c1noc(C(Cl)(Cl)Cl)n1. The molecule has 0 saturated carbocycles. The molecule has 0 saturated heterocycles. The van der Waals surface area contributed by atoms with Gasteiger partial charge in [0.2, 0.25) is 0 Å². The Hall–Kier alpha value is -0.840. The van der Waals surface area contributed by atoms with Gasteiger partial charge < -0.3 is 4.52 Å². The lowest BCUT2D eigenvalue weighted by atomic mass is 9.84. The molecule has 0 spiro atoms. The van der Waals surface area contributed by atoms with E-state index in [0.29, 0.717) is 5.82 Å². The van der Waals surface area contributed by atoms with Crippen molar-refractivity contribution < 1.29 is 8.91 Å². The molecule has 7 heteroatoms. The van der Waals surface area contributed by atoms with Crippen LogP contribution in [0.2, 0.25) is 0 Å². The van der Waals surface area contributed by atoms with Gasteiger partial charge in [-0.15, -0.1) is 0 Å². The Morgan fingerprint density at radius 2 is 1.68 bits per heavy atom. The molecule has 1 aromatic carbocycles. The summed E-state index contributed by atoms with van der Waals surface area (Å²) in [6.07, 6.45) is 0. The minimum atomic E-state index is -1.76. The van der Waals surface area contributed by atoms with Crippen molar-refractivity contribution in [2.45, 2.75) is 23.1 Å². The van der Waals surface area contributed by atoms with Gasteiger partial charge in [0.1, 0.15) is 5.82 Å². The van der Waals surface area contributed by atoms with Gasteiger partial charge in [0.15, 0.2) is 5.82 Å². The topological polar surface area (TPSA) is 38.9 Å². The van der Waals surface area contributed by atoms with Gasteiger partial charge in [0.05, 0.1) is 5.41 Å². The van der Waals surface area contributed by atoms with Gasteiger partial charge in [-0.25, -0.2) is 4.39 Å². The van der Waals surface area contributed by atoms with E-state index in [4.69, 9.17) is 39.3 Å². The highest BCUT2D eigenvalue weighted by Gasteiger charge is 2.35. The molecule has 0 bridgehead atoms. The van der Waals surface area contributed by atoms with Crippen LogP contribution in [0.25, 0.3) is 0 Å². The smallest absolute Gasteiger partial charge is 0.278 e. The summed E-state index contributed by atoms with van der Waals surface area (Å²) in [4.78, 5) is 4.08. The van der Waals surface area contributed by atoms with Crippen LogP contribution in [0.4, 0.5) is 4.39 Å². The molecule has 1 aromatic heterocycles. The van der Waals surface area contributed by atoms with Gasteiger partial charge in [-0.2, -0.15) is 4.98 Å². The van der Waals surface area contributed by atoms with Gasteiger partial charge >= 0.3 is 0 Å². The molecule has 0 amide bonds. The molecular weight excluding hydrogens is 314 g/mol. The van der Waals surface area contributed by atoms with Crippen molar-refractivity contribution in [2.75, 3.05) is 0 Å². The highest BCUT2D eigenvalue weighted by molar-refractivity contribution is 6.66. The number of hydrogen-bond donors (Lipinski definition) is 0. The van der Waals surface area contributed by atoms with Crippen molar-refractivity contribution in [1.82, 2.24) is 10.1 Å². The summed E-state index contributed by atoms with van der Waals surface area (Å²) < 4.78 is 16.1. The summed E-state index contributed by atoms with van der Waals surface area (Å²) in [5.41, 5.74) is 0.233. The van der Waals surface area contributed by atoms with Crippen LogP contribution in [0.1, 0.15) is 31.1 Å². The summed E-state index contributed by atoms with van der Waals surface area (Å²) in [6, 6.07) is 6.04. The van der Waals surface area contributed by atoms with Crippen molar-refractivity contribution in [3.05, 3.63) is 47.4 Å². The summed E-state index contributed by atoms with van der Waals surface area (Å²) in [5, 5.41) is 3.82. The lowest BCUT2D eigenvalue weighted by Crippen LogP contribution is -2.21. The summed E-state index contributed by atoms with van der Waals surface area (Å²) in [5.74, 6) is -0.0437. The third-order valence-corrected chi connectivity index (χ3v) is 3.28. The summed E-state index contributed by atoms with van der Waals surface area (Å²) in [7, 11) is 0. The average molecular weight is 324 g/mol. The van der Waals surface area contributed by atoms with Gasteiger partial charge in [-0.05, 0) is 31.5 Å². The number of alkyl halides is 3. The van der Waals surface area contributed by atoms with Crippen molar-refractivity contribution in [1.29, 1.82) is 0 Å². The number of benzene rings is 1. The second-order valence-corrected chi connectivity index (χ2v) is 6.83. The quantitative estimate of drug-likeness (QED) is 0.771. The van der Waals surface area contributed by atoms with Crippen molar-refractivity contribution >= 4 is 34.8 Å². The van der Waals surface area contributed by atoms with Crippen LogP contribution >= 0.6 is 34.8 Å². The first-order valence-electron chi connectivity index (χ1n) is 5.38. The van der Waals surface area contributed by atoms with Crippen LogP contribution in [0.15, 0.2) is 28.8 Å². The third kappa shape index (κ3) is 3.02. The fourth-order valence-corrected chi connectivity index (χ4v) is 1.82. The predicted octanol–water partition coefficient (Wildman–Crippen LogP) is 4.36. The second kappa shape index (κ2) is 4.93. The first-order chi connectivity index (χ1) is 8.71. The maximum atomic E-state index is 12.9. The van der Waals surface area contributed by atoms with E-state index in [0.717, 1.165) is 5.56 Å². The molecule has 1 heterocycles. The molecule has 2 rings (SSSR count). The highest BCUT2D eigenvalue weighted by atomic mass is 35.6. The lowest BCUT2D eigenvalue weighted by Gasteiger charge is -2.20. The van der Waals surface area contributed by atoms with Gasteiger partial charge in [0, 0.05) is 0 Å². The molecule has 0 aliphatic rings. The Balaban J connectivity index is 2.39. The molecule has 2 aromatic rings. The second-order valence-electron chi connectivity index (χ2n) is 4.55. The predicted molar refractivity (Wildman–Crippen MR) is 72.1 cm³/mol. The first kappa shape index (κ1) is 14.6. The van der Waals surface area contributed by atoms with Crippen molar-refractivity contribution in [2.24, 2.45) is 0 Å². The van der Waals surface area contributed by atoms with Gasteiger partial charge in [-0.3, -0.25) is 0 Å². The van der Waals surface area contributed by atoms with Crippen LogP contribution in [0.3, 0.4) is 0 Å². The summed E-state index contributed by atoms with van der Waals surface area (Å²) >= 11 is 17.0. The largest absolute Gasteiger partial charge is 0.335 e. The van der Waals surface area contributed by atoms with Crippen LogP contribution in [-0.4, -0.2) is 10.1 Å². The number of rotatable bonds is 2. The molecular formula is C12H10Cl3FN2O. The normalized spacial score (nSPS) is 12.7. The number of halogens is 4. The average Bonchev–Trinajstić information content (AvgIpc) is 2.79. The minimum Gasteiger partial charge on any atom is -0.335 e. The molecule has 0 N–H and O–H groups in total. The Bertz CT molecular complexity index is 575. The first-order valence-corrected chi connectivity index (χ1v) is 6.52. The van der Waals surface area contributed by atoms with Gasteiger partial charge in [0.25, 0.3) is 9.68 Å². The Labute approximate surface area is 124 Å². The number of aromatic nitrogens is 2. The fourth-order valence-electron chi connectivity index (χ4n) is 1.59. The Morgan fingerprint density at radius 3 is 2.16 bits per heavy atom. The van der Waals surface area contributed by atoms with E-state index in [2.05, 4.69) is 10.1 Å². The summed E-state index contributed by atoms with van der Waals surface area (Å²) in [6.45, 7) is 3.74. The van der Waals surface area contributed by atoms with E-state index in [1.165, 1.54) is 12.1 Å². The van der Waals surface area contributed by atoms with E-state index >= 15 is 0 Å². The highest BCUT2D eigenvalue weighted by Crippen LogP contribution is 2.38. The van der Waals surface area contributed by atoms with Crippen molar-refractivity contribution in [3.8, 4) is 0 Å². The van der Waals surface area contributed by atoms with E-state index < -0.39 is 9.21 Å². The zero-order valence-corrected chi connectivity index (χ0v) is 12.4. The molecule has 19 heavy (non-hydrogen) atoms. The van der Waals surface area contributed by atoms with E-state index in [9.17, 15) is 4.39 Å². The molecule has 0 unspecified atom stereocenters. The molecule has 0 fully saturated rings. The third-order valence-electron chi connectivity index (χ3n) is 2.79.